The highest BCUT2D eigenvalue weighted by Gasteiger charge is 2.33. The fourth-order valence-corrected chi connectivity index (χ4v) is 6.24. The van der Waals surface area contributed by atoms with Gasteiger partial charge in [0, 0.05) is 16.5 Å². The first-order chi connectivity index (χ1) is 17.2. The number of hydrogen-bond acceptors (Lipinski definition) is 6. The number of hydrogen-bond donors (Lipinski definition) is 2. The van der Waals surface area contributed by atoms with Gasteiger partial charge >= 0.3 is 0 Å². The maximum atomic E-state index is 13.3. The fraction of sp³-hybridized carbons (Fsp3) is 0.143. The number of ether oxygens (including phenoxy) is 1. The number of fused-ring (bicyclic) bond motifs is 6. The molecule has 2 aliphatic rings. The van der Waals surface area contributed by atoms with Crippen LogP contribution in [-0.2, 0) is 12.8 Å². The van der Waals surface area contributed by atoms with Crippen molar-refractivity contribution >= 4 is 33.1 Å². The number of amides is 1. The van der Waals surface area contributed by atoms with Crippen molar-refractivity contribution in [3.05, 3.63) is 88.5 Å². The monoisotopic (exact) mass is 479 g/mol. The number of methoxy groups -OCH3 is 1. The third kappa shape index (κ3) is 3.08. The standard InChI is InChI=1S/C28H21N3O3S/c1-33-17-11-8-16(9-12-17)26-29-24-22-21(20-7-4-14-34-20)19-13-10-15-5-2-3-6-18(15)23(19)30-28(22)35-25(24)27(32)31-26/h2-9,11-12,14,26,29H,10,13H2,1H3,(H,31,32). The summed E-state index contributed by atoms with van der Waals surface area (Å²) in [7, 11) is 1.64. The second-order valence-electron chi connectivity index (χ2n) is 8.76. The lowest BCUT2D eigenvalue weighted by Gasteiger charge is -2.27. The van der Waals surface area contributed by atoms with Crippen molar-refractivity contribution in [1.82, 2.24) is 10.3 Å². The van der Waals surface area contributed by atoms with Crippen LogP contribution in [0.25, 0.3) is 32.8 Å². The van der Waals surface area contributed by atoms with E-state index in [-0.39, 0.29) is 12.1 Å². The Morgan fingerprint density at radius 2 is 1.89 bits per heavy atom. The van der Waals surface area contributed by atoms with Crippen molar-refractivity contribution < 1.29 is 13.9 Å². The molecule has 0 fully saturated rings. The number of nitrogens with one attached hydrogen (secondary N) is 2. The zero-order valence-electron chi connectivity index (χ0n) is 18.9. The zero-order chi connectivity index (χ0) is 23.5. The van der Waals surface area contributed by atoms with Crippen molar-refractivity contribution in [3.63, 3.8) is 0 Å². The molecule has 0 spiro atoms. The first-order valence-electron chi connectivity index (χ1n) is 11.5. The molecule has 2 aromatic carbocycles. The number of pyridine rings is 1. The second kappa shape index (κ2) is 7.71. The summed E-state index contributed by atoms with van der Waals surface area (Å²) in [6.07, 6.45) is 3.15. The highest BCUT2D eigenvalue weighted by atomic mass is 32.1. The molecule has 4 heterocycles. The van der Waals surface area contributed by atoms with Gasteiger partial charge in [-0.25, -0.2) is 4.98 Å². The Bertz CT molecular complexity index is 1600. The van der Waals surface area contributed by atoms with Crippen LogP contribution < -0.4 is 15.4 Å². The van der Waals surface area contributed by atoms with Crippen molar-refractivity contribution in [3.8, 4) is 28.3 Å². The van der Waals surface area contributed by atoms with Crippen LogP contribution in [-0.4, -0.2) is 18.0 Å². The summed E-state index contributed by atoms with van der Waals surface area (Å²) in [4.78, 5) is 19.9. The molecular formula is C28H21N3O3S. The summed E-state index contributed by atoms with van der Waals surface area (Å²) >= 11 is 1.42. The summed E-state index contributed by atoms with van der Waals surface area (Å²) in [5.74, 6) is 1.46. The van der Waals surface area contributed by atoms with E-state index in [0.717, 1.165) is 62.6 Å². The lowest BCUT2D eigenvalue weighted by Crippen LogP contribution is -2.37. The maximum Gasteiger partial charge on any atom is 0.265 e. The summed E-state index contributed by atoms with van der Waals surface area (Å²) in [6, 6.07) is 20.0. The van der Waals surface area contributed by atoms with E-state index in [9.17, 15) is 4.79 Å². The third-order valence-corrected chi connectivity index (χ3v) is 7.93. The normalized spacial score (nSPS) is 16.1. The Morgan fingerprint density at radius 1 is 1.03 bits per heavy atom. The van der Waals surface area contributed by atoms with Gasteiger partial charge in [0.1, 0.15) is 27.4 Å². The predicted octanol–water partition coefficient (Wildman–Crippen LogP) is 6.18. The predicted molar refractivity (Wildman–Crippen MR) is 137 cm³/mol. The van der Waals surface area contributed by atoms with E-state index in [1.165, 1.54) is 22.5 Å². The minimum atomic E-state index is -0.361. The number of rotatable bonds is 3. The SMILES string of the molecule is COc1ccc(C2NC(=O)c3sc4nc5c(c(-c6ccco6)c4c3N2)CCc2ccccc2-5)cc1. The van der Waals surface area contributed by atoms with E-state index >= 15 is 0 Å². The molecule has 5 aromatic rings. The van der Waals surface area contributed by atoms with Gasteiger partial charge in [-0.05, 0) is 53.8 Å². The first kappa shape index (κ1) is 20.3. The number of aromatic nitrogens is 1. The average Bonchev–Trinajstić information content (AvgIpc) is 3.56. The molecule has 7 rings (SSSR count). The molecule has 1 aliphatic carbocycles. The average molecular weight is 480 g/mol. The maximum absolute atomic E-state index is 13.3. The molecule has 35 heavy (non-hydrogen) atoms. The Morgan fingerprint density at radius 3 is 2.69 bits per heavy atom. The first-order valence-corrected chi connectivity index (χ1v) is 12.4. The van der Waals surface area contributed by atoms with Crippen LogP contribution in [0.15, 0.2) is 71.3 Å². The van der Waals surface area contributed by atoms with Crippen molar-refractivity contribution in [2.45, 2.75) is 19.0 Å². The molecule has 2 N–H and O–H groups in total. The number of nitrogens with zero attached hydrogens (tertiary/aromatic N) is 1. The van der Waals surface area contributed by atoms with Crippen LogP contribution in [0.5, 0.6) is 5.75 Å². The van der Waals surface area contributed by atoms with Gasteiger partial charge in [0.05, 0.1) is 24.8 Å². The summed E-state index contributed by atoms with van der Waals surface area (Å²) < 4.78 is 11.2. The van der Waals surface area contributed by atoms with Gasteiger partial charge in [-0.2, -0.15) is 0 Å². The Labute approximate surface area is 205 Å². The highest BCUT2D eigenvalue weighted by molar-refractivity contribution is 7.21. The summed E-state index contributed by atoms with van der Waals surface area (Å²) in [5.41, 5.74) is 7.39. The van der Waals surface area contributed by atoms with Gasteiger partial charge in [0.15, 0.2) is 0 Å². The molecule has 1 aliphatic heterocycles. The zero-order valence-corrected chi connectivity index (χ0v) is 19.7. The second-order valence-corrected chi connectivity index (χ2v) is 9.76. The smallest absolute Gasteiger partial charge is 0.265 e. The van der Waals surface area contributed by atoms with Gasteiger partial charge in [0.2, 0.25) is 0 Å². The van der Waals surface area contributed by atoms with E-state index < -0.39 is 0 Å². The molecule has 172 valence electrons. The van der Waals surface area contributed by atoms with Crippen LogP contribution in [0.1, 0.15) is 32.5 Å². The third-order valence-electron chi connectivity index (χ3n) is 6.84. The largest absolute Gasteiger partial charge is 0.497 e. The number of anilines is 1. The van der Waals surface area contributed by atoms with Crippen LogP contribution in [0.4, 0.5) is 5.69 Å². The molecule has 1 unspecified atom stereocenters. The van der Waals surface area contributed by atoms with Gasteiger partial charge < -0.3 is 19.8 Å². The van der Waals surface area contributed by atoms with E-state index in [1.807, 2.05) is 36.4 Å². The fourth-order valence-electron chi connectivity index (χ4n) is 5.19. The van der Waals surface area contributed by atoms with E-state index in [4.69, 9.17) is 14.1 Å². The highest BCUT2D eigenvalue weighted by Crippen LogP contribution is 2.49. The van der Waals surface area contributed by atoms with Crippen LogP contribution in [0, 0.1) is 0 Å². The summed E-state index contributed by atoms with van der Waals surface area (Å²) in [5, 5.41) is 7.63. The lowest BCUT2D eigenvalue weighted by atomic mass is 9.85. The minimum absolute atomic E-state index is 0.105. The Kier molecular flexibility index (Phi) is 4.47. The van der Waals surface area contributed by atoms with Gasteiger partial charge in [0.25, 0.3) is 5.91 Å². The van der Waals surface area contributed by atoms with Crippen molar-refractivity contribution in [2.24, 2.45) is 0 Å². The lowest BCUT2D eigenvalue weighted by molar-refractivity contribution is 0.0940. The molecule has 1 amide bonds. The molecule has 0 radical (unpaired) electrons. The van der Waals surface area contributed by atoms with Gasteiger partial charge in [-0.15, -0.1) is 11.3 Å². The number of benzene rings is 2. The minimum Gasteiger partial charge on any atom is -0.497 e. The molecular weight excluding hydrogens is 458 g/mol. The molecule has 0 saturated heterocycles. The molecule has 0 saturated carbocycles. The number of carbonyl (C=O) groups is 1. The number of thiophene rings is 1. The van der Waals surface area contributed by atoms with Crippen LogP contribution in [0.2, 0.25) is 0 Å². The molecule has 3 aromatic heterocycles. The number of carbonyl (C=O) groups excluding carboxylic acids is 1. The van der Waals surface area contributed by atoms with Gasteiger partial charge in [-0.3, -0.25) is 4.79 Å². The molecule has 7 heteroatoms. The van der Waals surface area contributed by atoms with Crippen LogP contribution >= 0.6 is 11.3 Å². The Hall–Kier alpha value is -4.10. The van der Waals surface area contributed by atoms with E-state index in [0.29, 0.717) is 4.88 Å². The molecule has 1 atom stereocenters. The molecule has 6 nitrogen and oxygen atoms in total. The summed E-state index contributed by atoms with van der Waals surface area (Å²) in [6.45, 7) is 0. The van der Waals surface area contributed by atoms with Gasteiger partial charge in [-0.1, -0.05) is 36.4 Å². The number of furan rings is 1. The Balaban J connectivity index is 1.46. The van der Waals surface area contributed by atoms with Crippen molar-refractivity contribution in [2.75, 3.05) is 12.4 Å². The van der Waals surface area contributed by atoms with E-state index in [1.54, 1.807) is 13.4 Å². The van der Waals surface area contributed by atoms with Crippen molar-refractivity contribution in [1.29, 1.82) is 0 Å². The van der Waals surface area contributed by atoms with E-state index in [2.05, 4.69) is 34.9 Å². The topological polar surface area (TPSA) is 76.4 Å². The van der Waals surface area contributed by atoms with Crippen LogP contribution in [0.3, 0.4) is 0 Å². The quantitative estimate of drug-likeness (QED) is 0.323. The molecule has 0 bridgehead atoms. The number of aryl methyl sites for hydroxylation is 1.